The van der Waals surface area contributed by atoms with Crippen LogP contribution in [0, 0.1) is 0 Å². The van der Waals surface area contributed by atoms with E-state index in [1.807, 2.05) is 6.07 Å². The van der Waals surface area contributed by atoms with Gasteiger partial charge in [0, 0.05) is 41.8 Å². The zero-order valence-corrected chi connectivity index (χ0v) is 23.6. The van der Waals surface area contributed by atoms with Crippen LogP contribution >= 0.6 is 0 Å². The molecule has 0 spiro atoms. The van der Waals surface area contributed by atoms with Crippen molar-refractivity contribution in [2.24, 2.45) is 7.05 Å². The van der Waals surface area contributed by atoms with Gasteiger partial charge in [-0.3, -0.25) is 14.4 Å². The minimum absolute atomic E-state index is 0.0399. The van der Waals surface area contributed by atoms with Crippen LogP contribution in [0.25, 0.3) is 17.0 Å². The Hall–Kier alpha value is -5.25. The molecule has 0 N–H and O–H groups in total. The van der Waals surface area contributed by atoms with Crippen molar-refractivity contribution in [2.75, 3.05) is 28.4 Å². The number of benzene rings is 3. The first-order valence-electron chi connectivity index (χ1n) is 13.1. The summed E-state index contributed by atoms with van der Waals surface area (Å²) in [6.07, 6.45) is 1.46. The molecule has 0 amide bonds. The van der Waals surface area contributed by atoms with Gasteiger partial charge in [0.15, 0.2) is 17.3 Å². The minimum Gasteiger partial charge on any atom is -0.497 e. The lowest BCUT2D eigenvalue weighted by molar-refractivity contribution is -0.135. The van der Waals surface area contributed by atoms with Crippen molar-refractivity contribution in [1.82, 2.24) is 4.57 Å². The summed E-state index contributed by atoms with van der Waals surface area (Å²) in [5.74, 6) is 0.946. The van der Waals surface area contributed by atoms with E-state index < -0.39 is 11.9 Å². The topological polar surface area (TPSA) is 112 Å². The second-order valence-corrected chi connectivity index (χ2v) is 9.86. The average molecular weight is 570 g/mol. The minimum atomic E-state index is -0.704. The van der Waals surface area contributed by atoms with Gasteiger partial charge in [-0.2, -0.15) is 0 Å². The van der Waals surface area contributed by atoms with Gasteiger partial charge >= 0.3 is 5.97 Å². The van der Waals surface area contributed by atoms with Gasteiger partial charge in [0.05, 0.1) is 45.9 Å². The van der Waals surface area contributed by atoms with E-state index in [0.717, 1.165) is 5.39 Å². The van der Waals surface area contributed by atoms with Crippen LogP contribution in [0.2, 0.25) is 0 Å². The van der Waals surface area contributed by atoms with Crippen molar-refractivity contribution < 1.29 is 38.0 Å². The van der Waals surface area contributed by atoms with E-state index >= 15 is 0 Å². The number of fused-ring (bicyclic) bond motifs is 4. The van der Waals surface area contributed by atoms with Gasteiger partial charge in [0.1, 0.15) is 23.0 Å². The summed E-state index contributed by atoms with van der Waals surface area (Å²) in [6.45, 7) is 0. The molecule has 2 aliphatic heterocycles. The zero-order chi connectivity index (χ0) is 29.7. The number of hydrogen-bond donors (Lipinski definition) is 0. The molecular formula is C32H27NO9. The SMILES string of the molecule is COc1ccc2cc([C@H]3CC(=O)Oc4ccc5c(c43)O/C(=C\c3cc(OC)c(OC)cc3OC)C5=O)c(=O)n(C)c2c1. The Labute approximate surface area is 240 Å². The summed E-state index contributed by atoms with van der Waals surface area (Å²) in [6, 6.07) is 13.7. The molecule has 1 atom stereocenters. The fraction of sp³-hybridized carbons (Fsp3) is 0.219. The van der Waals surface area contributed by atoms with E-state index in [0.29, 0.717) is 50.8 Å². The van der Waals surface area contributed by atoms with Crippen LogP contribution in [0.1, 0.15) is 39.4 Å². The Morgan fingerprint density at radius 3 is 2.29 bits per heavy atom. The molecule has 42 heavy (non-hydrogen) atoms. The number of ketones is 1. The Morgan fingerprint density at radius 1 is 0.833 bits per heavy atom. The fourth-order valence-corrected chi connectivity index (χ4v) is 5.52. The van der Waals surface area contributed by atoms with Crippen LogP contribution in [-0.2, 0) is 11.8 Å². The van der Waals surface area contributed by atoms with Crippen molar-refractivity contribution in [3.8, 4) is 34.5 Å². The van der Waals surface area contributed by atoms with Crippen molar-refractivity contribution in [3.63, 3.8) is 0 Å². The highest BCUT2D eigenvalue weighted by Crippen LogP contribution is 2.49. The second kappa shape index (κ2) is 10.3. The van der Waals surface area contributed by atoms with Gasteiger partial charge in [0.2, 0.25) is 5.78 Å². The van der Waals surface area contributed by atoms with Crippen LogP contribution in [0.5, 0.6) is 34.5 Å². The number of esters is 1. The Balaban J connectivity index is 1.49. The Kier molecular flexibility index (Phi) is 6.61. The highest BCUT2D eigenvalue weighted by Gasteiger charge is 2.39. The van der Waals surface area contributed by atoms with Gasteiger partial charge in [0.25, 0.3) is 5.56 Å². The second-order valence-electron chi connectivity index (χ2n) is 9.86. The van der Waals surface area contributed by atoms with Gasteiger partial charge in [-0.25, -0.2) is 0 Å². The molecule has 0 fully saturated rings. The van der Waals surface area contributed by atoms with E-state index in [1.165, 1.54) is 25.9 Å². The Morgan fingerprint density at radius 2 is 1.57 bits per heavy atom. The number of aromatic nitrogens is 1. The number of rotatable bonds is 6. The molecule has 0 aliphatic carbocycles. The quantitative estimate of drug-likeness (QED) is 0.186. The van der Waals surface area contributed by atoms with Crippen LogP contribution < -0.4 is 34.0 Å². The van der Waals surface area contributed by atoms with Crippen LogP contribution in [0.4, 0.5) is 0 Å². The van der Waals surface area contributed by atoms with Crippen LogP contribution in [0.15, 0.2) is 59.1 Å². The molecule has 4 aromatic rings. The van der Waals surface area contributed by atoms with E-state index in [9.17, 15) is 14.4 Å². The molecule has 0 saturated carbocycles. The fourth-order valence-electron chi connectivity index (χ4n) is 5.52. The predicted octanol–water partition coefficient (Wildman–Crippen LogP) is 4.63. The van der Waals surface area contributed by atoms with Gasteiger partial charge in [-0.05, 0) is 47.9 Å². The third kappa shape index (κ3) is 4.23. The van der Waals surface area contributed by atoms with Crippen molar-refractivity contribution in [1.29, 1.82) is 0 Å². The van der Waals surface area contributed by atoms with Gasteiger partial charge < -0.3 is 33.0 Å². The lowest BCUT2D eigenvalue weighted by Gasteiger charge is -2.26. The van der Waals surface area contributed by atoms with Crippen LogP contribution in [0.3, 0.4) is 0 Å². The molecule has 0 saturated heterocycles. The normalized spacial score (nSPS) is 16.5. The first-order chi connectivity index (χ1) is 20.3. The summed E-state index contributed by atoms with van der Waals surface area (Å²) in [7, 11) is 7.76. The number of carbonyl (C=O) groups is 2. The van der Waals surface area contributed by atoms with E-state index in [1.54, 1.807) is 62.7 Å². The molecule has 0 radical (unpaired) electrons. The molecule has 2 aliphatic rings. The van der Waals surface area contributed by atoms with E-state index in [2.05, 4.69) is 0 Å². The number of pyridine rings is 1. The highest BCUT2D eigenvalue weighted by atomic mass is 16.5. The summed E-state index contributed by atoms with van der Waals surface area (Å²) >= 11 is 0. The average Bonchev–Trinajstić information content (AvgIpc) is 3.32. The standard InChI is InChI=1S/C32H27NO9/c1-33-22-13-18(37-2)7-6-16(22)10-21(32(33)36)20-14-28(34)41-23-9-8-19-30(35)27(42-31(19)29(20)23)12-17-11-25(39-4)26(40-5)15-24(17)38-3/h6-13,15,20H,14H2,1-5H3/b27-12-/t20-/m1/s1. The lowest BCUT2D eigenvalue weighted by atomic mass is 9.84. The maximum Gasteiger partial charge on any atom is 0.312 e. The first-order valence-corrected chi connectivity index (χ1v) is 13.1. The third-order valence-corrected chi connectivity index (χ3v) is 7.64. The monoisotopic (exact) mass is 569 g/mol. The number of carbonyl (C=O) groups excluding carboxylic acids is 2. The molecule has 10 heteroatoms. The number of hydrogen-bond acceptors (Lipinski definition) is 9. The zero-order valence-electron chi connectivity index (χ0n) is 23.6. The van der Waals surface area contributed by atoms with E-state index in [4.69, 9.17) is 28.4 Å². The molecule has 3 aromatic carbocycles. The van der Waals surface area contributed by atoms with E-state index in [-0.39, 0.29) is 35.0 Å². The number of methoxy groups -OCH3 is 4. The van der Waals surface area contributed by atoms with Gasteiger partial charge in [-0.15, -0.1) is 0 Å². The number of nitrogens with zero attached hydrogens (tertiary/aromatic N) is 1. The number of Topliss-reactive ketones (excluding diaryl/α,β-unsaturated/α-hetero) is 1. The number of allylic oxidation sites excluding steroid dienone is 1. The lowest BCUT2D eigenvalue weighted by Crippen LogP contribution is -2.29. The maximum absolute atomic E-state index is 13.7. The number of ether oxygens (including phenoxy) is 6. The molecule has 1 aromatic heterocycles. The smallest absolute Gasteiger partial charge is 0.312 e. The molecular weight excluding hydrogens is 542 g/mol. The largest absolute Gasteiger partial charge is 0.497 e. The van der Waals surface area contributed by atoms with Crippen LogP contribution in [-0.4, -0.2) is 44.8 Å². The van der Waals surface area contributed by atoms with Gasteiger partial charge in [-0.1, -0.05) is 0 Å². The first kappa shape index (κ1) is 26.9. The van der Waals surface area contributed by atoms with Crippen molar-refractivity contribution in [3.05, 3.63) is 86.9 Å². The predicted molar refractivity (Wildman–Crippen MR) is 153 cm³/mol. The maximum atomic E-state index is 13.7. The molecule has 6 rings (SSSR count). The molecule has 10 nitrogen and oxygen atoms in total. The summed E-state index contributed by atoms with van der Waals surface area (Å²) in [5, 5.41) is 0.791. The third-order valence-electron chi connectivity index (χ3n) is 7.64. The van der Waals surface area contributed by atoms with Crippen molar-refractivity contribution in [2.45, 2.75) is 12.3 Å². The molecule has 214 valence electrons. The van der Waals surface area contributed by atoms with Crippen molar-refractivity contribution >= 4 is 28.7 Å². The summed E-state index contributed by atoms with van der Waals surface area (Å²) < 4.78 is 34.9. The molecule has 0 bridgehead atoms. The Bertz CT molecular complexity index is 1890. The molecule has 0 unspecified atom stereocenters. The summed E-state index contributed by atoms with van der Waals surface area (Å²) in [4.78, 5) is 39.9. The number of aryl methyl sites for hydroxylation is 1. The molecule has 3 heterocycles. The summed E-state index contributed by atoms with van der Waals surface area (Å²) in [5.41, 5.74) is 2.07. The highest BCUT2D eigenvalue weighted by molar-refractivity contribution is 6.15.